The van der Waals surface area contributed by atoms with Gasteiger partial charge in [0.1, 0.15) is 23.7 Å². The van der Waals surface area contributed by atoms with Gasteiger partial charge >= 0.3 is 0 Å². The fourth-order valence-corrected chi connectivity index (χ4v) is 4.60. The summed E-state index contributed by atoms with van der Waals surface area (Å²) in [6.45, 7) is 2.54. The van der Waals surface area contributed by atoms with E-state index in [0.717, 1.165) is 48.9 Å². The van der Waals surface area contributed by atoms with Crippen LogP contribution in [0.1, 0.15) is 23.7 Å². The molecule has 31 heavy (non-hydrogen) atoms. The Morgan fingerprint density at radius 2 is 2.00 bits per heavy atom. The standard InChI is InChI=1S/C22H26N4O4S/c27-18(14-30-19-2-1-9-23-13-19)12-24-16-7-10-26(11-8-16)17-5-3-15(4-6-17)20-21(28)25-22(29)31-20/h1-6,9,13,16,18,20,24,27H,7-8,10-12,14H2,(H,25,28,29)/t18-,20?/m0/s1. The highest BCUT2D eigenvalue weighted by molar-refractivity contribution is 8.15. The van der Waals surface area contributed by atoms with Crippen LogP contribution >= 0.6 is 11.8 Å². The number of rotatable bonds is 8. The maximum absolute atomic E-state index is 11.8. The van der Waals surface area contributed by atoms with Gasteiger partial charge in [-0.05, 0) is 54.4 Å². The molecule has 2 aliphatic rings. The number of carbonyl (C=O) groups excluding carboxylic acids is 2. The maximum atomic E-state index is 11.8. The number of aromatic nitrogens is 1. The lowest BCUT2D eigenvalue weighted by Gasteiger charge is -2.34. The number of piperidine rings is 1. The average molecular weight is 443 g/mol. The number of nitrogens with zero attached hydrogens (tertiary/aromatic N) is 2. The molecule has 3 heterocycles. The molecule has 0 spiro atoms. The van der Waals surface area contributed by atoms with Gasteiger partial charge in [-0.2, -0.15) is 0 Å². The summed E-state index contributed by atoms with van der Waals surface area (Å²) in [6.07, 6.45) is 4.69. The van der Waals surface area contributed by atoms with Gasteiger partial charge in [0.2, 0.25) is 5.91 Å². The second-order valence-electron chi connectivity index (χ2n) is 7.69. The van der Waals surface area contributed by atoms with Crippen molar-refractivity contribution in [3.63, 3.8) is 0 Å². The second-order valence-corrected chi connectivity index (χ2v) is 8.77. The highest BCUT2D eigenvalue weighted by atomic mass is 32.2. The maximum Gasteiger partial charge on any atom is 0.286 e. The van der Waals surface area contributed by atoms with E-state index in [2.05, 4.69) is 20.5 Å². The van der Waals surface area contributed by atoms with Gasteiger partial charge in [-0.3, -0.25) is 19.9 Å². The van der Waals surface area contributed by atoms with Crippen molar-refractivity contribution in [3.05, 3.63) is 54.4 Å². The van der Waals surface area contributed by atoms with Crippen molar-refractivity contribution < 1.29 is 19.4 Å². The number of nitrogens with one attached hydrogen (secondary N) is 2. The quantitative estimate of drug-likeness (QED) is 0.571. The van der Waals surface area contributed by atoms with Crippen LogP contribution in [0.15, 0.2) is 48.8 Å². The van der Waals surface area contributed by atoms with Crippen LogP contribution < -0.4 is 20.3 Å². The molecule has 1 aromatic heterocycles. The molecule has 1 unspecified atom stereocenters. The summed E-state index contributed by atoms with van der Waals surface area (Å²) in [7, 11) is 0. The van der Waals surface area contributed by atoms with Gasteiger partial charge in [0, 0.05) is 37.6 Å². The van der Waals surface area contributed by atoms with E-state index >= 15 is 0 Å². The van der Waals surface area contributed by atoms with Crippen molar-refractivity contribution in [1.82, 2.24) is 15.6 Å². The Morgan fingerprint density at radius 3 is 2.65 bits per heavy atom. The van der Waals surface area contributed by atoms with Crippen LogP contribution in [0.5, 0.6) is 5.75 Å². The fourth-order valence-electron chi connectivity index (χ4n) is 3.76. The monoisotopic (exact) mass is 442 g/mol. The van der Waals surface area contributed by atoms with Crippen molar-refractivity contribution in [2.75, 3.05) is 31.1 Å². The van der Waals surface area contributed by atoms with Gasteiger partial charge in [0.15, 0.2) is 0 Å². The summed E-state index contributed by atoms with van der Waals surface area (Å²) in [4.78, 5) is 29.5. The molecule has 1 aromatic carbocycles. The normalized spacial score (nSPS) is 20.5. The van der Waals surface area contributed by atoms with Gasteiger partial charge < -0.3 is 20.1 Å². The van der Waals surface area contributed by atoms with Crippen molar-refractivity contribution in [1.29, 1.82) is 0 Å². The molecule has 164 valence electrons. The van der Waals surface area contributed by atoms with Crippen molar-refractivity contribution in [2.24, 2.45) is 0 Å². The molecule has 2 aliphatic heterocycles. The van der Waals surface area contributed by atoms with E-state index in [1.54, 1.807) is 18.5 Å². The predicted octanol–water partition coefficient (Wildman–Crippen LogP) is 2.10. The first-order valence-electron chi connectivity index (χ1n) is 10.4. The number of pyridine rings is 1. The lowest BCUT2D eigenvalue weighted by molar-refractivity contribution is -0.119. The van der Waals surface area contributed by atoms with Gasteiger partial charge in [-0.1, -0.05) is 12.1 Å². The minimum Gasteiger partial charge on any atom is -0.489 e. The van der Waals surface area contributed by atoms with E-state index in [4.69, 9.17) is 4.74 Å². The summed E-state index contributed by atoms with van der Waals surface area (Å²) in [6, 6.07) is 11.8. The third kappa shape index (κ3) is 5.75. The summed E-state index contributed by atoms with van der Waals surface area (Å²) in [5, 5.41) is 15.2. The molecule has 4 rings (SSSR count). The largest absolute Gasteiger partial charge is 0.489 e. The Bertz CT molecular complexity index is 888. The predicted molar refractivity (Wildman–Crippen MR) is 119 cm³/mol. The van der Waals surface area contributed by atoms with Crippen molar-refractivity contribution in [3.8, 4) is 5.75 Å². The molecular formula is C22H26N4O4S. The van der Waals surface area contributed by atoms with Gasteiger partial charge in [0.25, 0.3) is 5.24 Å². The zero-order valence-corrected chi connectivity index (χ0v) is 17.9. The lowest BCUT2D eigenvalue weighted by atomic mass is 10.0. The Hall–Kier alpha value is -2.62. The van der Waals surface area contributed by atoms with Crippen LogP contribution in [0.3, 0.4) is 0 Å². The van der Waals surface area contributed by atoms with Crippen LogP contribution in [0.2, 0.25) is 0 Å². The van der Waals surface area contributed by atoms with Crippen LogP contribution in [-0.4, -0.2) is 59.6 Å². The Labute approximate surface area is 185 Å². The van der Waals surface area contributed by atoms with Crippen LogP contribution in [0, 0.1) is 0 Å². The molecule has 8 nitrogen and oxygen atoms in total. The average Bonchev–Trinajstić information content (AvgIpc) is 3.15. The fraction of sp³-hybridized carbons (Fsp3) is 0.409. The number of hydrogen-bond acceptors (Lipinski definition) is 8. The minimum absolute atomic E-state index is 0.229. The number of benzene rings is 1. The first kappa shape index (κ1) is 21.6. The Morgan fingerprint density at radius 1 is 1.23 bits per heavy atom. The van der Waals surface area contributed by atoms with Crippen LogP contribution in [-0.2, 0) is 4.79 Å². The number of carbonyl (C=O) groups is 2. The van der Waals surface area contributed by atoms with E-state index in [0.29, 0.717) is 18.3 Å². The molecule has 2 saturated heterocycles. The number of aliphatic hydroxyl groups excluding tert-OH is 1. The first-order chi connectivity index (χ1) is 15.1. The molecule has 0 saturated carbocycles. The number of anilines is 1. The molecule has 2 fully saturated rings. The topological polar surface area (TPSA) is 104 Å². The zero-order chi connectivity index (χ0) is 21.6. The number of ether oxygens (including phenoxy) is 1. The summed E-state index contributed by atoms with van der Waals surface area (Å²) in [5.41, 5.74) is 1.96. The zero-order valence-electron chi connectivity index (χ0n) is 17.1. The second kappa shape index (κ2) is 10.1. The summed E-state index contributed by atoms with van der Waals surface area (Å²) < 4.78 is 5.54. The van der Waals surface area contributed by atoms with E-state index in [1.807, 2.05) is 30.3 Å². The van der Waals surface area contributed by atoms with Crippen LogP contribution in [0.25, 0.3) is 0 Å². The van der Waals surface area contributed by atoms with E-state index in [1.165, 1.54) is 0 Å². The van der Waals surface area contributed by atoms with Gasteiger partial charge in [-0.15, -0.1) is 0 Å². The molecule has 9 heteroatoms. The number of hydrogen-bond donors (Lipinski definition) is 3. The van der Waals surface area contributed by atoms with Gasteiger partial charge in [0.05, 0.1) is 6.20 Å². The molecule has 2 aromatic rings. The van der Waals surface area contributed by atoms with E-state index in [-0.39, 0.29) is 17.8 Å². The summed E-state index contributed by atoms with van der Waals surface area (Å²) in [5.74, 6) is 0.405. The Kier molecular flexibility index (Phi) is 7.06. The highest BCUT2D eigenvalue weighted by Crippen LogP contribution is 2.35. The lowest BCUT2D eigenvalue weighted by Crippen LogP contribution is -2.45. The third-order valence-electron chi connectivity index (χ3n) is 5.46. The molecule has 0 aliphatic carbocycles. The molecule has 2 amide bonds. The first-order valence-corrected chi connectivity index (χ1v) is 11.3. The van der Waals surface area contributed by atoms with Crippen molar-refractivity contribution in [2.45, 2.75) is 30.2 Å². The number of amides is 2. The number of aliphatic hydroxyl groups is 1. The third-order valence-corrected chi connectivity index (χ3v) is 6.50. The molecule has 2 atom stereocenters. The highest BCUT2D eigenvalue weighted by Gasteiger charge is 2.32. The molecule has 0 bridgehead atoms. The van der Waals surface area contributed by atoms with E-state index in [9.17, 15) is 14.7 Å². The molecule has 3 N–H and O–H groups in total. The number of thioether (sulfide) groups is 1. The minimum atomic E-state index is -0.580. The van der Waals surface area contributed by atoms with E-state index < -0.39 is 11.4 Å². The Balaban J connectivity index is 1.19. The smallest absolute Gasteiger partial charge is 0.286 e. The molecule has 0 radical (unpaired) electrons. The van der Waals surface area contributed by atoms with Crippen LogP contribution in [0.4, 0.5) is 10.5 Å². The van der Waals surface area contributed by atoms with Crippen molar-refractivity contribution >= 4 is 28.6 Å². The summed E-state index contributed by atoms with van der Waals surface area (Å²) >= 11 is 1.02. The van der Waals surface area contributed by atoms with Gasteiger partial charge in [-0.25, -0.2) is 0 Å². The molecular weight excluding hydrogens is 416 g/mol. The SMILES string of the molecule is O=C1NC(=O)C(c2ccc(N3CCC(NC[C@H](O)COc4cccnc4)CC3)cc2)S1. The number of imide groups is 1.